The molecule has 1 N–H and O–H groups in total. The van der Waals surface area contributed by atoms with E-state index in [-0.39, 0.29) is 17.6 Å². The summed E-state index contributed by atoms with van der Waals surface area (Å²) in [6, 6.07) is 23.2. The van der Waals surface area contributed by atoms with Crippen LogP contribution in [-0.2, 0) is 0 Å². The number of hydrogen-bond donors (Lipinski definition) is 1. The minimum absolute atomic E-state index is 0.1000. The van der Waals surface area contributed by atoms with Crippen molar-refractivity contribution < 1.29 is 0 Å². The highest BCUT2D eigenvalue weighted by atomic mass is 16.1. The average molecular weight is 301 g/mol. The predicted molar refractivity (Wildman–Crippen MR) is 87.7 cm³/mol. The lowest BCUT2D eigenvalue weighted by Gasteiger charge is -2.24. The van der Waals surface area contributed by atoms with E-state index in [2.05, 4.69) is 17.1 Å². The molecule has 2 unspecified atom stereocenters. The summed E-state index contributed by atoms with van der Waals surface area (Å²) in [5, 5.41) is 0.727. The van der Waals surface area contributed by atoms with E-state index in [1.54, 1.807) is 6.07 Å². The van der Waals surface area contributed by atoms with E-state index in [0.717, 1.165) is 16.5 Å². The molecule has 0 spiro atoms. The maximum absolute atomic E-state index is 11.6. The van der Waals surface area contributed by atoms with Gasteiger partial charge in [0, 0.05) is 6.07 Å². The van der Waals surface area contributed by atoms with Gasteiger partial charge in [0.2, 0.25) is 5.56 Å². The fourth-order valence-electron chi connectivity index (χ4n) is 2.90. The van der Waals surface area contributed by atoms with Crippen LogP contribution >= 0.6 is 0 Å². The molecule has 1 aromatic heterocycles. The van der Waals surface area contributed by atoms with Crippen molar-refractivity contribution in [2.75, 3.05) is 0 Å². The molecule has 4 nitrogen and oxygen atoms in total. The summed E-state index contributed by atoms with van der Waals surface area (Å²) >= 11 is 0. The molecule has 1 aliphatic heterocycles. The Morgan fingerprint density at radius 1 is 0.696 bits per heavy atom. The molecule has 3 aromatic rings. The molecule has 0 bridgehead atoms. The predicted octanol–water partition coefficient (Wildman–Crippen LogP) is 2.11. The van der Waals surface area contributed by atoms with Gasteiger partial charge in [-0.2, -0.15) is 0 Å². The van der Waals surface area contributed by atoms with Gasteiger partial charge in [-0.05, 0) is 17.2 Å². The molecule has 2 heterocycles. The van der Waals surface area contributed by atoms with Crippen molar-refractivity contribution in [3.8, 4) is 0 Å². The van der Waals surface area contributed by atoms with Gasteiger partial charge in [-0.25, -0.2) is 0 Å². The Morgan fingerprint density at radius 3 is 1.87 bits per heavy atom. The second-order valence-corrected chi connectivity index (χ2v) is 5.53. The van der Waals surface area contributed by atoms with E-state index in [9.17, 15) is 4.79 Å². The molecule has 0 radical (unpaired) electrons. The van der Waals surface area contributed by atoms with E-state index >= 15 is 0 Å². The number of hydrogen-bond acceptors (Lipinski definition) is 3. The van der Waals surface area contributed by atoms with Gasteiger partial charge in [-0.1, -0.05) is 60.7 Å². The third kappa shape index (κ3) is 2.59. The summed E-state index contributed by atoms with van der Waals surface area (Å²) < 4.78 is 0. The van der Waals surface area contributed by atoms with Crippen LogP contribution in [0.15, 0.2) is 87.6 Å². The lowest BCUT2D eigenvalue weighted by molar-refractivity contribution is 0.528. The normalized spacial score (nSPS) is 19.3. The standard InChI is InChI=1S/C19H15N3O/c23-16-12-11-15-19(21-16)22-18(14-9-5-2-6-10-14)17(20-15)13-7-3-1-4-8-13/h1-12,17-18H,(H,21,22,23). The van der Waals surface area contributed by atoms with Crippen molar-refractivity contribution in [1.82, 2.24) is 4.98 Å². The SMILES string of the molecule is O=c1ccc2c([nH]1)=NC(c1ccccc1)C(c1ccccc1)N=2. The van der Waals surface area contributed by atoms with E-state index < -0.39 is 0 Å². The molecule has 112 valence electrons. The second-order valence-electron chi connectivity index (χ2n) is 5.53. The molecule has 4 heteroatoms. The number of nitrogens with zero attached hydrogens (tertiary/aromatic N) is 2. The van der Waals surface area contributed by atoms with Crippen LogP contribution in [0.1, 0.15) is 23.2 Å². The summed E-state index contributed by atoms with van der Waals surface area (Å²) in [6.45, 7) is 0. The van der Waals surface area contributed by atoms with Crippen molar-refractivity contribution in [1.29, 1.82) is 0 Å². The Bertz CT molecular complexity index is 994. The first-order valence-corrected chi connectivity index (χ1v) is 7.56. The van der Waals surface area contributed by atoms with Gasteiger partial charge in [0.25, 0.3) is 0 Å². The summed E-state index contributed by atoms with van der Waals surface area (Å²) in [5.74, 6) is 0. The number of H-pyrrole nitrogens is 1. The molecule has 0 aliphatic carbocycles. The molecule has 23 heavy (non-hydrogen) atoms. The number of pyridine rings is 1. The van der Waals surface area contributed by atoms with Crippen LogP contribution in [0.3, 0.4) is 0 Å². The summed E-state index contributed by atoms with van der Waals surface area (Å²) in [4.78, 5) is 24.0. The van der Waals surface area contributed by atoms with Gasteiger partial charge < -0.3 is 4.98 Å². The lowest BCUT2D eigenvalue weighted by atomic mass is 9.93. The number of aromatic nitrogens is 1. The van der Waals surface area contributed by atoms with Crippen molar-refractivity contribution in [3.05, 3.63) is 105 Å². The van der Waals surface area contributed by atoms with Gasteiger partial charge in [0.15, 0.2) is 5.49 Å². The first kappa shape index (κ1) is 13.6. The van der Waals surface area contributed by atoms with Crippen LogP contribution in [0.25, 0.3) is 0 Å². The Balaban J connectivity index is 1.94. The van der Waals surface area contributed by atoms with Crippen molar-refractivity contribution in [2.24, 2.45) is 9.98 Å². The van der Waals surface area contributed by atoms with Gasteiger partial charge in [-0.3, -0.25) is 14.8 Å². The largest absolute Gasteiger partial charge is 0.306 e. The number of rotatable bonds is 2. The van der Waals surface area contributed by atoms with Crippen molar-refractivity contribution >= 4 is 0 Å². The van der Waals surface area contributed by atoms with Crippen LogP contribution in [0, 0.1) is 0 Å². The number of aromatic amines is 1. The fraction of sp³-hybridized carbons (Fsp3) is 0.105. The molecule has 0 amide bonds. The quantitative estimate of drug-likeness (QED) is 0.774. The topological polar surface area (TPSA) is 57.6 Å². The van der Waals surface area contributed by atoms with E-state index in [0.29, 0.717) is 5.49 Å². The maximum atomic E-state index is 11.6. The van der Waals surface area contributed by atoms with Crippen LogP contribution < -0.4 is 16.4 Å². The Hall–Kier alpha value is -3.01. The van der Waals surface area contributed by atoms with Crippen LogP contribution in [0.4, 0.5) is 0 Å². The first-order valence-electron chi connectivity index (χ1n) is 7.56. The molecule has 2 aromatic carbocycles. The van der Waals surface area contributed by atoms with Crippen LogP contribution in [-0.4, -0.2) is 4.98 Å². The highest BCUT2D eigenvalue weighted by Crippen LogP contribution is 2.35. The zero-order valence-corrected chi connectivity index (χ0v) is 12.4. The second kappa shape index (κ2) is 5.65. The van der Waals surface area contributed by atoms with Gasteiger partial charge in [-0.15, -0.1) is 0 Å². The zero-order chi connectivity index (χ0) is 15.6. The molecule has 2 atom stereocenters. The zero-order valence-electron chi connectivity index (χ0n) is 12.4. The van der Waals surface area contributed by atoms with Gasteiger partial charge in [0.1, 0.15) is 17.4 Å². The number of fused-ring (bicyclic) bond motifs is 1. The molecule has 1 aliphatic rings. The highest BCUT2D eigenvalue weighted by molar-refractivity contribution is 5.29. The third-order valence-electron chi connectivity index (χ3n) is 4.00. The minimum atomic E-state index is -0.160. The Morgan fingerprint density at radius 2 is 1.26 bits per heavy atom. The smallest absolute Gasteiger partial charge is 0.249 e. The minimum Gasteiger partial charge on any atom is -0.306 e. The van der Waals surface area contributed by atoms with E-state index in [4.69, 9.17) is 9.98 Å². The summed E-state index contributed by atoms with van der Waals surface area (Å²) in [5.41, 5.74) is 2.59. The van der Waals surface area contributed by atoms with E-state index in [1.807, 2.05) is 48.5 Å². The van der Waals surface area contributed by atoms with Crippen LogP contribution in [0.2, 0.25) is 0 Å². The summed E-state index contributed by atoms with van der Waals surface area (Å²) in [6.07, 6.45) is 0. The monoisotopic (exact) mass is 301 g/mol. The van der Waals surface area contributed by atoms with Crippen molar-refractivity contribution in [3.63, 3.8) is 0 Å². The average Bonchev–Trinajstić information content (AvgIpc) is 2.62. The number of nitrogens with one attached hydrogen (secondary N) is 1. The van der Waals surface area contributed by atoms with Crippen LogP contribution in [0.5, 0.6) is 0 Å². The first-order chi connectivity index (χ1) is 11.3. The molecule has 4 rings (SSSR count). The third-order valence-corrected chi connectivity index (χ3v) is 4.00. The fourth-order valence-corrected chi connectivity index (χ4v) is 2.90. The lowest BCUT2D eigenvalue weighted by Crippen LogP contribution is -2.38. The molecular formula is C19H15N3O. The molecular weight excluding hydrogens is 286 g/mol. The Kier molecular flexibility index (Phi) is 3.35. The van der Waals surface area contributed by atoms with Gasteiger partial charge >= 0.3 is 0 Å². The maximum Gasteiger partial charge on any atom is 0.249 e. The van der Waals surface area contributed by atoms with Gasteiger partial charge in [0.05, 0.1) is 0 Å². The van der Waals surface area contributed by atoms with E-state index in [1.165, 1.54) is 6.07 Å². The summed E-state index contributed by atoms with van der Waals surface area (Å²) in [7, 11) is 0. The number of benzene rings is 2. The Labute approximate surface area is 132 Å². The van der Waals surface area contributed by atoms with Crippen molar-refractivity contribution in [2.45, 2.75) is 12.1 Å². The molecule has 0 saturated heterocycles. The molecule has 0 saturated carbocycles. The molecule has 0 fully saturated rings. The highest BCUT2D eigenvalue weighted by Gasteiger charge is 2.26.